The number of hydrogen-bond donors (Lipinski definition) is 0. The normalized spacial score (nSPS) is 13.2. The molecule has 0 radical (unpaired) electrons. The van der Waals surface area contributed by atoms with Gasteiger partial charge in [-0.2, -0.15) is 22.7 Å². The van der Waals surface area contributed by atoms with E-state index in [2.05, 4.69) is 53.4 Å². The van der Waals surface area contributed by atoms with Crippen molar-refractivity contribution in [2.45, 2.75) is 0 Å². The summed E-state index contributed by atoms with van der Waals surface area (Å²) in [4.78, 5) is 5.26. The van der Waals surface area contributed by atoms with Crippen molar-refractivity contribution in [3.8, 4) is 69.0 Å². The molecule has 11 aromatic carbocycles. The number of halogens is 4. The number of thiophene rings is 2. The number of ether oxygens (including phenoxy) is 6. The minimum Gasteiger partial charge on any atom is -0.458 e. The summed E-state index contributed by atoms with van der Waals surface area (Å²) < 4.78 is 112. The molecule has 13 aromatic rings. The maximum atomic E-state index is 16.3. The fraction of sp³-hybridized carbons (Fsp3) is 0. The SMILES string of the molecule is Fc1cccc(F)c1N(c1ccccc1)c1cc2c3c(c1)Oc1c(sc4c1Oc1cc(N(c5ccccc5)c5ccccc5)cc5c1B4c1sc4c(c1O5)Oc1cc(N(c5ccccc5)c5c(F)cccc5F)cc5c1B4c1ccccc1O5)B3c1ccccc1O2. The number of para-hydroxylation sites is 8. The highest BCUT2D eigenvalue weighted by atomic mass is 32.1. The van der Waals surface area contributed by atoms with Gasteiger partial charge in [-0.3, -0.25) is 0 Å². The van der Waals surface area contributed by atoms with Crippen LogP contribution in [-0.4, -0.2) is 20.1 Å². The maximum absolute atomic E-state index is 16.3. The zero-order valence-corrected chi connectivity index (χ0v) is 49.6. The monoisotopic (exact) mass is 1240 g/mol. The van der Waals surface area contributed by atoms with E-state index in [1.54, 1.807) is 56.7 Å². The Balaban J connectivity index is 0.836. The third-order valence-corrected chi connectivity index (χ3v) is 20.4. The molecule has 0 N–H and O–H groups in total. The van der Waals surface area contributed by atoms with Gasteiger partial charge in [0.15, 0.2) is 23.0 Å². The fourth-order valence-corrected chi connectivity index (χ4v) is 16.9. The molecule has 0 amide bonds. The number of anilines is 9. The van der Waals surface area contributed by atoms with Crippen molar-refractivity contribution in [3.63, 3.8) is 0 Å². The van der Waals surface area contributed by atoms with E-state index >= 15 is 17.6 Å². The first-order chi connectivity index (χ1) is 45.3. The number of benzene rings is 11. The molecule has 18 heteroatoms. The summed E-state index contributed by atoms with van der Waals surface area (Å²) in [6, 6.07) is 73.4. The Kier molecular flexibility index (Phi) is 11.6. The van der Waals surface area contributed by atoms with Crippen molar-refractivity contribution >= 4 is 140 Å². The Labute approximate surface area is 532 Å². The number of hydrogen-bond acceptors (Lipinski definition) is 11. The van der Waals surface area contributed by atoms with Crippen LogP contribution in [0.4, 0.5) is 68.7 Å². The minimum atomic E-state index is -0.749. The highest BCUT2D eigenvalue weighted by molar-refractivity contribution is 7.43. The van der Waals surface area contributed by atoms with E-state index in [4.69, 9.17) is 28.4 Å². The Morgan fingerprint density at radius 2 is 0.522 bits per heavy atom. The fourth-order valence-electron chi connectivity index (χ4n) is 14.0. The summed E-state index contributed by atoms with van der Waals surface area (Å²) >= 11 is 3.20. The van der Waals surface area contributed by atoms with Crippen molar-refractivity contribution in [1.82, 2.24) is 0 Å². The van der Waals surface area contributed by atoms with Gasteiger partial charge in [0, 0.05) is 94.6 Å². The predicted octanol–water partition coefficient (Wildman–Crippen LogP) is 15.0. The molecule has 0 spiro atoms. The standard InChI is InChI=1S/C74H40B3F4N3O6S2/c78-50-29-17-30-51(79)65(50)83(43-23-9-3-10-24-43)46-37-56-62-58(39-46)87-67-69-73(91-71(67)75(62)48-27-13-15-33-54(48)85-56)77-64-60(89-69)35-45(82(41-19-5-1-6-20-41)42-21-7-2-8-22-42)36-61(64)90-70-68-72(92-74(70)77)76-49-28-14-16-34-55(49)86-57-38-47(40-59(88-68)63(57)76)84(44-25-11-4-12-26-44)66-52(80)31-18-32-53(66)81/h1-40H. The average molecular weight is 1240 g/mol. The highest BCUT2D eigenvalue weighted by Crippen LogP contribution is 2.53. The molecule has 8 heterocycles. The second-order valence-corrected chi connectivity index (χ2v) is 25.2. The summed E-state index contributed by atoms with van der Waals surface area (Å²) in [7, 11) is 0. The largest absolute Gasteiger partial charge is 0.458 e. The van der Waals surface area contributed by atoms with Crippen molar-refractivity contribution in [2.75, 3.05) is 14.7 Å². The molecule has 19 rings (SSSR count). The summed E-state index contributed by atoms with van der Waals surface area (Å²) in [6.45, 7) is -1.38. The lowest BCUT2D eigenvalue weighted by atomic mass is 9.37. The first-order valence-corrected chi connectivity index (χ1v) is 31.5. The average Bonchev–Trinajstić information content (AvgIpc) is 1.49. The third kappa shape index (κ3) is 7.86. The van der Waals surface area contributed by atoms with Gasteiger partial charge < -0.3 is 43.1 Å². The van der Waals surface area contributed by atoms with Gasteiger partial charge in [0.1, 0.15) is 80.6 Å². The molecule has 0 bridgehead atoms. The van der Waals surface area contributed by atoms with Gasteiger partial charge in [-0.15, -0.1) is 0 Å². The zero-order valence-electron chi connectivity index (χ0n) is 47.9. The maximum Gasteiger partial charge on any atom is 0.285 e. The van der Waals surface area contributed by atoms with E-state index in [0.717, 1.165) is 63.5 Å². The van der Waals surface area contributed by atoms with E-state index in [1.165, 1.54) is 36.4 Å². The van der Waals surface area contributed by atoms with E-state index in [0.29, 0.717) is 91.7 Å². The van der Waals surface area contributed by atoms with E-state index < -0.39 is 43.4 Å². The van der Waals surface area contributed by atoms with Gasteiger partial charge >= 0.3 is 0 Å². The van der Waals surface area contributed by atoms with Gasteiger partial charge in [-0.1, -0.05) is 121 Å². The molecule has 0 fully saturated rings. The zero-order chi connectivity index (χ0) is 61.0. The lowest BCUT2D eigenvalue weighted by Gasteiger charge is -2.34. The van der Waals surface area contributed by atoms with Gasteiger partial charge in [0.05, 0.1) is 17.1 Å². The first-order valence-electron chi connectivity index (χ1n) is 29.9. The van der Waals surface area contributed by atoms with Gasteiger partial charge in [0.2, 0.25) is 0 Å². The van der Waals surface area contributed by atoms with Crippen molar-refractivity contribution in [2.24, 2.45) is 0 Å². The van der Waals surface area contributed by atoms with E-state index in [-0.39, 0.29) is 11.4 Å². The van der Waals surface area contributed by atoms with Crippen LogP contribution in [0.3, 0.4) is 0 Å². The van der Waals surface area contributed by atoms with Crippen molar-refractivity contribution < 1.29 is 46.0 Å². The smallest absolute Gasteiger partial charge is 0.285 e. The highest BCUT2D eigenvalue weighted by Gasteiger charge is 2.53. The van der Waals surface area contributed by atoms with Crippen LogP contribution >= 0.6 is 22.7 Å². The molecule has 9 nitrogen and oxygen atoms in total. The van der Waals surface area contributed by atoms with Gasteiger partial charge in [-0.25, -0.2) is 17.6 Å². The summed E-state index contributed by atoms with van der Waals surface area (Å²) in [5.74, 6) is 3.11. The third-order valence-electron chi connectivity index (χ3n) is 17.8. The topological polar surface area (TPSA) is 65.1 Å². The van der Waals surface area contributed by atoms with Crippen LogP contribution in [0.2, 0.25) is 0 Å². The first kappa shape index (κ1) is 52.8. The minimum absolute atomic E-state index is 0.260. The second-order valence-electron chi connectivity index (χ2n) is 23.0. The predicted molar refractivity (Wildman–Crippen MR) is 359 cm³/mol. The van der Waals surface area contributed by atoms with E-state index in [9.17, 15) is 0 Å². The lowest BCUT2D eigenvalue weighted by molar-refractivity contribution is 0.413. The molecule has 6 aliphatic rings. The molecule has 92 heavy (non-hydrogen) atoms. The molecule has 436 valence electrons. The summed E-state index contributed by atoms with van der Waals surface area (Å²) in [5.41, 5.74) is 7.97. The van der Waals surface area contributed by atoms with Crippen LogP contribution in [0.5, 0.6) is 69.0 Å². The van der Waals surface area contributed by atoms with Crippen molar-refractivity contribution in [1.29, 1.82) is 0 Å². The van der Waals surface area contributed by atoms with Crippen LogP contribution in [-0.2, 0) is 0 Å². The molecule has 6 aliphatic heterocycles. The summed E-state index contributed by atoms with van der Waals surface area (Å²) in [6.07, 6.45) is 0. The van der Waals surface area contributed by atoms with Gasteiger partial charge in [0.25, 0.3) is 20.1 Å². The van der Waals surface area contributed by atoms with Gasteiger partial charge in [-0.05, 0) is 95.9 Å². The Hall–Kier alpha value is -11.1. The number of rotatable bonds is 9. The molecule has 0 saturated carbocycles. The molecule has 2 aromatic heterocycles. The molecule has 0 aliphatic carbocycles. The van der Waals surface area contributed by atoms with Crippen LogP contribution in [0.1, 0.15) is 0 Å². The molecular formula is C74H40B3F4N3O6S2. The molecule has 0 unspecified atom stereocenters. The Morgan fingerprint density at radius 3 is 0.870 bits per heavy atom. The lowest BCUT2D eigenvalue weighted by Crippen LogP contribution is -2.57. The van der Waals surface area contributed by atoms with Crippen molar-refractivity contribution in [3.05, 3.63) is 266 Å². The molecule has 0 saturated heterocycles. The number of nitrogens with zero attached hydrogens (tertiary/aromatic N) is 3. The van der Waals surface area contributed by atoms with E-state index in [1.807, 2.05) is 133 Å². The Bertz CT molecular complexity index is 4900. The number of fused-ring (bicyclic) bond motifs is 14. The quantitative estimate of drug-likeness (QED) is 0.104. The van der Waals surface area contributed by atoms with Crippen LogP contribution in [0.25, 0.3) is 0 Å². The van der Waals surface area contributed by atoms with Crippen LogP contribution < -0.4 is 89.5 Å². The Morgan fingerprint density at radius 1 is 0.250 bits per heavy atom. The van der Waals surface area contributed by atoms with Crippen LogP contribution in [0.15, 0.2) is 243 Å². The molecular weight excluding hydrogens is 1200 g/mol. The second kappa shape index (κ2) is 20.2. The summed E-state index contributed by atoms with van der Waals surface area (Å²) in [5, 5.41) is 0. The van der Waals surface area contributed by atoms with Crippen LogP contribution in [0, 0.1) is 23.3 Å². The molecule has 0 atom stereocenters.